The van der Waals surface area contributed by atoms with Crippen LogP contribution in [-0.2, 0) is 6.54 Å². The summed E-state index contributed by atoms with van der Waals surface area (Å²) in [6.45, 7) is 8.31. The van der Waals surface area contributed by atoms with E-state index < -0.39 is 0 Å². The summed E-state index contributed by atoms with van der Waals surface area (Å²) in [5.74, 6) is 3.41. The van der Waals surface area contributed by atoms with Crippen LogP contribution in [0.5, 0.6) is 0 Å². The Morgan fingerprint density at radius 2 is 1.78 bits per heavy atom. The lowest BCUT2D eigenvalue weighted by molar-refractivity contribution is 0.445. The molecule has 0 aliphatic rings. The van der Waals surface area contributed by atoms with Crippen LogP contribution >= 0.6 is 0 Å². The van der Waals surface area contributed by atoms with E-state index in [1.165, 1.54) is 10.4 Å². The first-order valence-electron chi connectivity index (χ1n) is 8.77. The number of nitrogens with zero attached hydrogens (tertiary/aromatic N) is 6. The Bertz CT molecular complexity index is 1060. The fourth-order valence-electron chi connectivity index (χ4n) is 2.83. The maximum atomic E-state index is 5.71. The van der Waals surface area contributed by atoms with Gasteiger partial charge < -0.3 is 8.83 Å². The van der Waals surface area contributed by atoms with Gasteiger partial charge in [0.15, 0.2) is 0 Å². The Morgan fingerprint density at radius 1 is 1.00 bits per heavy atom. The summed E-state index contributed by atoms with van der Waals surface area (Å²) in [6.07, 6.45) is 0. The van der Waals surface area contributed by atoms with Gasteiger partial charge in [-0.3, -0.25) is 0 Å². The van der Waals surface area contributed by atoms with E-state index >= 15 is 0 Å². The van der Waals surface area contributed by atoms with Crippen molar-refractivity contribution in [3.05, 3.63) is 53.3 Å². The Kier molecular flexibility index (Phi) is 4.31. The molecular weight excluding hydrogens is 344 g/mol. The van der Waals surface area contributed by atoms with Crippen molar-refractivity contribution >= 4 is 0 Å². The topological polar surface area (TPSA) is 95.7 Å². The zero-order valence-electron chi connectivity index (χ0n) is 15.7. The van der Waals surface area contributed by atoms with Gasteiger partial charge in [-0.1, -0.05) is 38.1 Å². The van der Waals surface area contributed by atoms with Crippen LogP contribution in [0.4, 0.5) is 0 Å². The maximum absolute atomic E-state index is 5.71. The summed E-state index contributed by atoms with van der Waals surface area (Å²) in [7, 11) is 0. The molecule has 3 heterocycles. The van der Waals surface area contributed by atoms with Gasteiger partial charge in [0.2, 0.25) is 11.7 Å². The second kappa shape index (κ2) is 6.79. The molecule has 4 rings (SSSR count). The fraction of sp³-hybridized carbons (Fsp3) is 0.316. The van der Waals surface area contributed by atoms with E-state index in [1.807, 2.05) is 32.0 Å². The van der Waals surface area contributed by atoms with Crippen LogP contribution in [0.2, 0.25) is 0 Å². The zero-order chi connectivity index (χ0) is 19.0. The summed E-state index contributed by atoms with van der Waals surface area (Å²) in [5.41, 5.74) is 2.99. The van der Waals surface area contributed by atoms with E-state index in [0.29, 0.717) is 23.5 Å². The van der Waals surface area contributed by atoms with Crippen LogP contribution in [0.1, 0.15) is 42.7 Å². The van der Waals surface area contributed by atoms with Crippen molar-refractivity contribution < 1.29 is 8.83 Å². The molecule has 4 aromatic rings. The quantitative estimate of drug-likeness (QED) is 0.532. The molecule has 0 radical (unpaired) electrons. The van der Waals surface area contributed by atoms with Crippen LogP contribution in [0, 0.1) is 13.8 Å². The molecule has 0 N–H and O–H groups in total. The lowest BCUT2D eigenvalue weighted by atomic mass is 10.0. The lowest BCUT2D eigenvalue weighted by Crippen LogP contribution is -2.04. The third-order valence-corrected chi connectivity index (χ3v) is 4.30. The average Bonchev–Trinajstić information content (AvgIpc) is 3.36. The maximum Gasteiger partial charge on any atom is 0.251 e. The standard InChI is InChI=1S/C19H20N6O2/c1-11(2)14-5-7-15(8-6-14)18-21-24-25(23-18)10-17-20-22-19(27-17)16-9-12(3)26-13(16)4/h5-9,11H,10H2,1-4H3. The summed E-state index contributed by atoms with van der Waals surface area (Å²) < 4.78 is 11.2. The molecule has 0 unspecified atom stereocenters. The van der Waals surface area contributed by atoms with Crippen LogP contribution in [-0.4, -0.2) is 30.4 Å². The monoisotopic (exact) mass is 364 g/mol. The van der Waals surface area contributed by atoms with E-state index in [0.717, 1.165) is 22.6 Å². The van der Waals surface area contributed by atoms with Gasteiger partial charge in [0.25, 0.3) is 5.89 Å². The second-order valence-electron chi connectivity index (χ2n) is 6.75. The molecule has 8 heteroatoms. The van der Waals surface area contributed by atoms with E-state index in [1.54, 1.807) is 0 Å². The molecule has 0 saturated carbocycles. The summed E-state index contributed by atoms with van der Waals surface area (Å²) in [5, 5.41) is 20.7. The minimum absolute atomic E-state index is 0.250. The van der Waals surface area contributed by atoms with Crippen LogP contribution < -0.4 is 0 Å². The van der Waals surface area contributed by atoms with Crippen molar-refractivity contribution in [2.24, 2.45) is 0 Å². The molecule has 0 saturated heterocycles. The Morgan fingerprint density at radius 3 is 2.44 bits per heavy atom. The molecule has 0 fully saturated rings. The molecule has 1 aromatic carbocycles. The van der Waals surface area contributed by atoms with E-state index in [-0.39, 0.29) is 6.54 Å². The van der Waals surface area contributed by atoms with Crippen molar-refractivity contribution in [2.45, 2.75) is 40.2 Å². The van der Waals surface area contributed by atoms with Gasteiger partial charge in [-0.25, -0.2) is 0 Å². The third-order valence-electron chi connectivity index (χ3n) is 4.30. The first-order valence-corrected chi connectivity index (χ1v) is 8.77. The SMILES string of the molecule is Cc1cc(-c2nnc(Cn3nnc(-c4ccc(C(C)C)cc4)n3)o2)c(C)o1. The van der Waals surface area contributed by atoms with Crippen molar-refractivity contribution in [1.82, 2.24) is 30.4 Å². The number of aryl methyl sites for hydroxylation is 2. The van der Waals surface area contributed by atoms with E-state index in [4.69, 9.17) is 8.83 Å². The summed E-state index contributed by atoms with van der Waals surface area (Å²) in [6, 6.07) is 10.1. The van der Waals surface area contributed by atoms with Crippen LogP contribution in [0.3, 0.4) is 0 Å². The number of benzene rings is 1. The largest absolute Gasteiger partial charge is 0.466 e. The predicted octanol–water partition coefficient (Wildman–Crippen LogP) is 3.77. The molecule has 0 amide bonds. The molecule has 27 heavy (non-hydrogen) atoms. The first kappa shape index (κ1) is 17.1. The molecule has 0 bridgehead atoms. The minimum Gasteiger partial charge on any atom is -0.466 e. The van der Waals surface area contributed by atoms with Gasteiger partial charge in [0, 0.05) is 5.56 Å². The molecule has 3 aromatic heterocycles. The first-order chi connectivity index (χ1) is 13.0. The Hall–Kier alpha value is -3.29. The Labute approximate surface area is 156 Å². The van der Waals surface area contributed by atoms with E-state index in [9.17, 15) is 0 Å². The molecule has 138 valence electrons. The van der Waals surface area contributed by atoms with Crippen LogP contribution in [0.25, 0.3) is 22.8 Å². The predicted molar refractivity (Wildman–Crippen MR) is 97.9 cm³/mol. The van der Waals surface area contributed by atoms with Crippen molar-refractivity contribution in [1.29, 1.82) is 0 Å². The summed E-state index contributed by atoms with van der Waals surface area (Å²) in [4.78, 5) is 1.44. The molecule has 0 atom stereocenters. The average molecular weight is 364 g/mol. The highest BCUT2D eigenvalue weighted by Crippen LogP contribution is 2.25. The van der Waals surface area contributed by atoms with Gasteiger partial charge in [-0.2, -0.15) is 4.80 Å². The normalized spacial score (nSPS) is 11.4. The Balaban J connectivity index is 1.50. The minimum atomic E-state index is 0.250. The van der Waals surface area contributed by atoms with Gasteiger partial charge in [-0.05, 0) is 36.6 Å². The highest BCUT2D eigenvalue weighted by molar-refractivity contribution is 5.56. The molecule has 0 spiro atoms. The third kappa shape index (κ3) is 3.51. The van der Waals surface area contributed by atoms with Crippen molar-refractivity contribution in [3.63, 3.8) is 0 Å². The van der Waals surface area contributed by atoms with Crippen molar-refractivity contribution in [3.8, 4) is 22.8 Å². The second-order valence-corrected chi connectivity index (χ2v) is 6.75. The van der Waals surface area contributed by atoms with Crippen LogP contribution in [0.15, 0.2) is 39.2 Å². The van der Waals surface area contributed by atoms with E-state index in [2.05, 4.69) is 51.6 Å². The molecule has 0 aliphatic heterocycles. The number of hydrogen-bond donors (Lipinski definition) is 0. The summed E-state index contributed by atoms with van der Waals surface area (Å²) >= 11 is 0. The number of furan rings is 1. The van der Waals surface area contributed by atoms with Gasteiger partial charge in [0.05, 0.1) is 5.56 Å². The number of tetrazole rings is 1. The molecule has 0 aliphatic carbocycles. The van der Waals surface area contributed by atoms with Gasteiger partial charge in [-0.15, -0.1) is 20.4 Å². The fourth-order valence-corrected chi connectivity index (χ4v) is 2.83. The zero-order valence-corrected chi connectivity index (χ0v) is 15.7. The highest BCUT2D eigenvalue weighted by Gasteiger charge is 2.16. The highest BCUT2D eigenvalue weighted by atomic mass is 16.4. The number of hydrogen-bond acceptors (Lipinski definition) is 7. The van der Waals surface area contributed by atoms with Crippen molar-refractivity contribution in [2.75, 3.05) is 0 Å². The molecular formula is C19H20N6O2. The van der Waals surface area contributed by atoms with Gasteiger partial charge in [0.1, 0.15) is 18.1 Å². The smallest absolute Gasteiger partial charge is 0.251 e. The molecule has 8 nitrogen and oxygen atoms in total. The van der Waals surface area contributed by atoms with Gasteiger partial charge >= 0.3 is 0 Å². The lowest BCUT2D eigenvalue weighted by Gasteiger charge is -2.04. The number of rotatable bonds is 5. The number of aromatic nitrogens is 6.